The van der Waals surface area contributed by atoms with Crippen LogP contribution in [0.1, 0.15) is 17.3 Å². The number of amides is 2. The van der Waals surface area contributed by atoms with Crippen molar-refractivity contribution in [2.45, 2.75) is 11.1 Å². The summed E-state index contributed by atoms with van der Waals surface area (Å²) in [5, 5.41) is 2.56. The number of carbonyl (C=O) groups is 2. The summed E-state index contributed by atoms with van der Waals surface area (Å²) in [7, 11) is -3.72. The molecule has 2 heterocycles. The van der Waals surface area contributed by atoms with Crippen molar-refractivity contribution >= 4 is 38.2 Å². The van der Waals surface area contributed by atoms with Crippen molar-refractivity contribution in [1.29, 1.82) is 0 Å². The number of nitrogens with two attached hydrogens (primary N) is 1. The number of hydrogen-bond donors (Lipinski definition) is 2. The minimum absolute atomic E-state index is 0.0120. The highest BCUT2D eigenvalue weighted by Crippen LogP contribution is 2.33. The lowest BCUT2D eigenvalue weighted by molar-refractivity contribution is -0.114. The molecule has 10 heteroatoms. The van der Waals surface area contributed by atoms with E-state index in [4.69, 9.17) is 10.5 Å². The van der Waals surface area contributed by atoms with E-state index in [2.05, 4.69) is 5.32 Å². The fourth-order valence-corrected chi connectivity index (χ4v) is 4.83. The molecule has 0 saturated carbocycles. The van der Waals surface area contributed by atoms with Crippen LogP contribution in [-0.4, -0.2) is 50.8 Å². The molecular weight excluding hydrogens is 318 g/mol. The van der Waals surface area contributed by atoms with E-state index in [9.17, 15) is 18.0 Å². The third-order valence-corrected chi connectivity index (χ3v) is 6.23. The molecule has 8 nitrogen and oxygen atoms in total. The smallest absolute Gasteiger partial charge is 0.252 e. The first kappa shape index (κ1) is 15.9. The van der Waals surface area contributed by atoms with E-state index in [1.807, 2.05) is 0 Å². The number of ether oxygens (including phenoxy) is 1. The molecule has 0 atom stereocenters. The van der Waals surface area contributed by atoms with Crippen molar-refractivity contribution in [2.75, 3.05) is 31.6 Å². The van der Waals surface area contributed by atoms with Crippen molar-refractivity contribution < 1.29 is 22.7 Å². The van der Waals surface area contributed by atoms with E-state index in [0.29, 0.717) is 13.2 Å². The minimum atomic E-state index is -3.72. The Morgan fingerprint density at radius 1 is 1.38 bits per heavy atom. The number of thiophene rings is 1. The standard InChI is InChI=1S/C11H15N3O5S2/c1-7(15)13-11-8(10(12)16)6-9(20-11)21(17,18)14-2-4-19-5-3-14/h6H,2-5H2,1H3,(H2,12,16)(H,13,15). The van der Waals surface area contributed by atoms with Crippen molar-refractivity contribution in [3.63, 3.8) is 0 Å². The van der Waals surface area contributed by atoms with Gasteiger partial charge in [0.1, 0.15) is 9.21 Å². The Kier molecular flexibility index (Phi) is 4.61. The Bertz CT molecular complexity index is 661. The van der Waals surface area contributed by atoms with Crippen LogP contribution in [0, 0.1) is 0 Å². The number of rotatable bonds is 4. The average molecular weight is 333 g/mol. The van der Waals surface area contributed by atoms with Crippen molar-refractivity contribution in [3.05, 3.63) is 11.6 Å². The fraction of sp³-hybridized carbons (Fsp3) is 0.455. The van der Waals surface area contributed by atoms with Crippen LogP contribution < -0.4 is 11.1 Å². The molecule has 1 aromatic rings. The highest BCUT2D eigenvalue weighted by atomic mass is 32.2. The minimum Gasteiger partial charge on any atom is -0.379 e. The van der Waals surface area contributed by atoms with Crippen LogP contribution in [0.5, 0.6) is 0 Å². The molecule has 3 N–H and O–H groups in total. The van der Waals surface area contributed by atoms with Crippen LogP contribution in [-0.2, 0) is 19.6 Å². The molecule has 0 bridgehead atoms. The third kappa shape index (κ3) is 3.40. The molecule has 0 unspecified atom stereocenters. The molecule has 1 aliphatic heterocycles. The monoisotopic (exact) mass is 333 g/mol. The number of anilines is 1. The van der Waals surface area contributed by atoms with E-state index in [1.54, 1.807) is 0 Å². The van der Waals surface area contributed by atoms with E-state index in [0.717, 1.165) is 11.3 Å². The number of sulfonamides is 1. The first-order chi connectivity index (χ1) is 9.82. The van der Waals surface area contributed by atoms with Gasteiger partial charge in [-0.05, 0) is 6.07 Å². The molecule has 0 spiro atoms. The van der Waals surface area contributed by atoms with E-state index < -0.39 is 21.8 Å². The van der Waals surface area contributed by atoms with Crippen LogP contribution in [0.4, 0.5) is 5.00 Å². The van der Waals surface area contributed by atoms with E-state index in [1.165, 1.54) is 17.3 Å². The number of nitrogens with one attached hydrogen (secondary N) is 1. The van der Waals surface area contributed by atoms with Gasteiger partial charge in [-0.2, -0.15) is 4.31 Å². The SMILES string of the molecule is CC(=O)Nc1sc(S(=O)(=O)N2CCOCC2)cc1C(N)=O. The molecule has 0 aliphatic carbocycles. The number of primary amides is 1. The molecule has 1 saturated heterocycles. The Morgan fingerprint density at radius 2 is 2.00 bits per heavy atom. The second-order valence-corrected chi connectivity index (χ2v) is 7.59. The van der Waals surface area contributed by atoms with Gasteiger partial charge in [-0.1, -0.05) is 0 Å². The van der Waals surface area contributed by atoms with Gasteiger partial charge in [0.2, 0.25) is 5.91 Å². The third-order valence-electron chi connectivity index (χ3n) is 2.83. The van der Waals surface area contributed by atoms with Crippen molar-refractivity contribution in [3.8, 4) is 0 Å². The summed E-state index contributed by atoms with van der Waals surface area (Å²) in [6, 6.07) is 1.20. The predicted octanol–water partition coefficient (Wildman–Crippen LogP) is -0.174. The summed E-state index contributed by atoms with van der Waals surface area (Å²) in [6.45, 7) is 2.42. The van der Waals surface area contributed by atoms with Gasteiger partial charge in [-0.25, -0.2) is 8.42 Å². The van der Waals surface area contributed by atoms with Gasteiger partial charge < -0.3 is 15.8 Å². The molecule has 2 rings (SSSR count). The largest absolute Gasteiger partial charge is 0.379 e. The van der Waals surface area contributed by atoms with Gasteiger partial charge >= 0.3 is 0 Å². The summed E-state index contributed by atoms with van der Waals surface area (Å²) in [6.07, 6.45) is 0. The Morgan fingerprint density at radius 3 is 2.52 bits per heavy atom. The van der Waals surface area contributed by atoms with Crippen LogP contribution in [0.25, 0.3) is 0 Å². The average Bonchev–Trinajstić information content (AvgIpc) is 2.83. The molecular formula is C11H15N3O5S2. The first-order valence-electron chi connectivity index (χ1n) is 6.11. The summed E-state index contributed by atoms with van der Waals surface area (Å²) in [4.78, 5) is 22.5. The molecule has 0 aromatic carbocycles. The van der Waals surface area contributed by atoms with Gasteiger partial charge in [-0.15, -0.1) is 11.3 Å². The first-order valence-corrected chi connectivity index (χ1v) is 8.37. The van der Waals surface area contributed by atoms with Gasteiger partial charge in [0.15, 0.2) is 0 Å². The zero-order chi connectivity index (χ0) is 15.6. The topological polar surface area (TPSA) is 119 Å². The number of hydrogen-bond acceptors (Lipinski definition) is 6. The lowest BCUT2D eigenvalue weighted by Gasteiger charge is -2.25. The van der Waals surface area contributed by atoms with Gasteiger partial charge in [-0.3, -0.25) is 9.59 Å². The van der Waals surface area contributed by atoms with Crippen molar-refractivity contribution in [1.82, 2.24) is 4.31 Å². The second-order valence-electron chi connectivity index (χ2n) is 4.37. The number of carbonyl (C=O) groups excluding carboxylic acids is 2. The van der Waals surface area contributed by atoms with Crippen LogP contribution in [0.3, 0.4) is 0 Å². The van der Waals surface area contributed by atoms with Crippen LogP contribution in [0.2, 0.25) is 0 Å². The highest BCUT2D eigenvalue weighted by Gasteiger charge is 2.30. The van der Waals surface area contributed by atoms with Crippen molar-refractivity contribution in [2.24, 2.45) is 5.73 Å². The summed E-state index contributed by atoms with van der Waals surface area (Å²) in [5.41, 5.74) is 5.20. The molecule has 116 valence electrons. The zero-order valence-corrected chi connectivity index (χ0v) is 12.9. The maximum atomic E-state index is 12.5. The maximum absolute atomic E-state index is 12.5. The molecule has 2 amide bonds. The molecule has 1 fully saturated rings. The summed E-state index contributed by atoms with van der Waals surface area (Å²) in [5.74, 6) is -1.20. The van der Waals surface area contributed by atoms with E-state index in [-0.39, 0.29) is 27.9 Å². The quantitative estimate of drug-likeness (QED) is 0.792. The summed E-state index contributed by atoms with van der Waals surface area (Å²) >= 11 is 0.814. The van der Waals surface area contributed by atoms with Crippen LogP contribution >= 0.6 is 11.3 Å². The normalized spacial score (nSPS) is 16.6. The molecule has 1 aromatic heterocycles. The second kappa shape index (κ2) is 6.10. The Hall–Kier alpha value is -1.49. The van der Waals surface area contributed by atoms with Gasteiger partial charge in [0.05, 0.1) is 18.8 Å². The lowest BCUT2D eigenvalue weighted by atomic mass is 10.3. The molecule has 0 radical (unpaired) electrons. The zero-order valence-electron chi connectivity index (χ0n) is 11.3. The maximum Gasteiger partial charge on any atom is 0.252 e. The highest BCUT2D eigenvalue weighted by molar-refractivity contribution is 7.91. The van der Waals surface area contributed by atoms with Gasteiger partial charge in [0, 0.05) is 20.0 Å². The Balaban J connectivity index is 2.39. The van der Waals surface area contributed by atoms with Gasteiger partial charge in [0.25, 0.3) is 15.9 Å². The summed E-state index contributed by atoms with van der Waals surface area (Å²) < 4.78 is 31.3. The Labute approximate surface area is 125 Å². The molecule has 21 heavy (non-hydrogen) atoms. The lowest BCUT2D eigenvalue weighted by Crippen LogP contribution is -2.40. The van der Waals surface area contributed by atoms with E-state index >= 15 is 0 Å². The predicted molar refractivity (Wildman–Crippen MR) is 76.7 cm³/mol. The molecule has 1 aliphatic rings. The van der Waals surface area contributed by atoms with Crippen LogP contribution in [0.15, 0.2) is 10.3 Å². The number of nitrogens with zero attached hydrogens (tertiary/aromatic N) is 1. The number of morpholine rings is 1. The fourth-order valence-electron chi connectivity index (χ4n) is 1.85.